The molecule has 1 saturated heterocycles. The summed E-state index contributed by atoms with van der Waals surface area (Å²) in [6.07, 6.45) is -1.25. The van der Waals surface area contributed by atoms with Crippen molar-refractivity contribution < 1.29 is 20.1 Å². The summed E-state index contributed by atoms with van der Waals surface area (Å²) in [5.74, 6) is 0. The van der Waals surface area contributed by atoms with Crippen LogP contribution < -0.4 is 5.56 Å². The molecule has 0 aliphatic carbocycles. The molecule has 3 rings (SSSR count). The fourth-order valence-electron chi connectivity index (χ4n) is 2.66. The van der Waals surface area contributed by atoms with Gasteiger partial charge in [0.1, 0.15) is 29.3 Å². The summed E-state index contributed by atoms with van der Waals surface area (Å²) in [5, 5.41) is 38.8. The summed E-state index contributed by atoms with van der Waals surface area (Å²) in [6, 6.07) is 1.89. The molecule has 0 amide bonds. The molecule has 1 aliphatic rings. The summed E-state index contributed by atoms with van der Waals surface area (Å²) in [4.78, 5) is 18.2. The van der Waals surface area contributed by atoms with Crippen molar-refractivity contribution in [1.82, 2.24) is 14.5 Å². The Kier molecular flexibility index (Phi) is 3.26. The van der Waals surface area contributed by atoms with Crippen LogP contribution in [0.15, 0.2) is 17.3 Å². The Hall–Kier alpha value is -2.25. The van der Waals surface area contributed by atoms with Gasteiger partial charge in [-0.15, -0.1) is 0 Å². The number of nitrogens with zero attached hydrogens (tertiary/aromatic N) is 3. The first-order chi connectivity index (χ1) is 10.4. The zero-order valence-electron chi connectivity index (χ0n) is 11.6. The number of aliphatic hydroxyl groups is 3. The molecule has 1 aliphatic heterocycles. The zero-order chi connectivity index (χ0) is 16.1. The molecule has 0 aromatic carbocycles. The molecule has 0 radical (unpaired) electrons. The maximum Gasteiger partial charge on any atom is 0.261 e. The van der Waals surface area contributed by atoms with Gasteiger partial charge in [-0.25, -0.2) is 4.98 Å². The van der Waals surface area contributed by atoms with E-state index in [9.17, 15) is 20.1 Å². The van der Waals surface area contributed by atoms with Gasteiger partial charge in [-0.1, -0.05) is 0 Å². The number of rotatable bonds is 2. The van der Waals surface area contributed by atoms with Crippen LogP contribution in [0.3, 0.4) is 0 Å². The third-order valence-electron chi connectivity index (χ3n) is 3.96. The lowest BCUT2D eigenvalue weighted by atomic mass is 9.99. The number of aromatic nitrogens is 3. The number of hydrogen-bond acceptors (Lipinski definition) is 7. The Labute approximate surface area is 124 Å². The number of nitrogens with one attached hydrogen (secondary N) is 1. The Morgan fingerprint density at radius 3 is 2.91 bits per heavy atom. The van der Waals surface area contributed by atoms with Gasteiger partial charge in [0.05, 0.1) is 18.5 Å². The number of fused-ring (bicyclic) bond motifs is 1. The Morgan fingerprint density at radius 2 is 2.32 bits per heavy atom. The maximum atomic E-state index is 11.9. The molecular weight excluding hydrogens is 292 g/mol. The van der Waals surface area contributed by atoms with E-state index >= 15 is 0 Å². The van der Waals surface area contributed by atoms with Gasteiger partial charge in [0.25, 0.3) is 5.56 Å². The Morgan fingerprint density at radius 1 is 1.59 bits per heavy atom. The molecule has 4 atom stereocenters. The molecule has 2 aromatic heterocycles. The van der Waals surface area contributed by atoms with Crippen LogP contribution in [0, 0.1) is 11.3 Å². The summed E-state index contributed by atoms with van der Waals surface area (Å²) < 4.78 is 6.88. The van der Waals surface area contributed by atoms with E-state index in [4.69, 9.17) is 10.00 Å². The lowest BCUT2D eigenvalue weighted by Crippen LogP contribution is -2.43. The smallest absolute Gasteiger partial charge is 0.261 e. The first-order valence-corrected chi connectivity index (χ1v) is 6.56. The molecule has 9 nitrogen and oxygen atoms in total. The molecule has 22 heavy (non-hydrogen) atoms. The zero-order valence-corrected chi connectivity index (χ0v) is 11.6. The number of aromatic amines is 1. The van der Waals surface area contributed by atoms with Gasteiger partial charge >= 0.3 is 0 Å². The van der Waals surface area contributed by atoms with Gasteiger partial charge in [0, 0.05) is 6.20 Å². The van der Waals surface area contributed by atoms with Crippen molar-refractivity contribution in [2.45, 2.75) is 31.0 Å². The largest absolute Gasteiger partial charge is 0.393 e. The predicted molar refractivity (Wildman–Crippen MR) is 72.7 cm³/mol. The van der Waals surface area contributed by atoms with E-state index in [1.807, 2.05) is 6.07 Å². The SMILES string of the molecule is C[C@]1(CO)OC(n2cc(C#N)c3c(=O)[nH]cnc32)[C@H](O)[C@@H]1O. The highest BCUT2D eigenvalue weighted by atomic mass is 16.6. The monoisotopic (exact) mass is 306 g/mol. The van der Waals surface area contributed by atoms with E-state index in [0.717, 1.165) is 0 Å². The second-order valence-electron chi connectivity index (χ2n) is 5.41. The number of ether oxygens (including phenoxy) is 1. The van der Waals surface area contributed by atoms with Crippen LogP contribution in [-0.2, 0) is 4.74 Å². The van der Waals surface area contributed by atoms with Crippen molar-refractivity contribution >= 4 is 11.0 Å². The van der Waals surface area contributed by atoms with Crippen LogP contribution in [0.1, 0.15) is 18.7 Å². The number of hydrogen-bond donors (Lipinski definition) is 4. The van der Waals surface area contributed by atoms with Gasteiger partial charge in [-0.3, -0.25) is 4.79 Å². The van der Waals surface area contributed by atoms with E-state index in [1.54, 1.807) is 0 Å². The second-order valence-corrected chi connectivity index (χ2v) is 5.41. The molecule has 116 valence electrons. The predicted octanol–water partition coefficient (Wildman–Crippen LogP) is -1.40. The topological polar surface area (TPSA) is 144 Å². The quantitative estimate of drug-likeness (QED) is 0.534. The average Bonchev–Trinajstić information content (AvgIpc) is 3.00. The molecular formula is C13H14N4O5. The molecule has 2 aromatic rings. The van der Waals surface area contributed by atoms with Crippen molar-refractivity contribution in [2.24, 2.45) is 0 Å². The fraction of sp³-hybridized carbons (Fsp3) is 0.462. The molecule has 4 N–H and O–H groups in total. The van der Waals surface area contributed by atoms with Gasteiger partial charge in [0.15, 0.2) is 11.9 Å². The number of aliphatic hydroxyl groups excluding tert-OH is 3. The van der Waals surface area contributed by atoms with Crippen LogP contribution >= 0.6 is 0 Å². The average molecular weight is 306 g/mol. The van der Waals surface area contributed by atoms with Gasteiger partial charge in [-0.05, 0) is 6.92 Å². The summed E-state index contributed by atoms with van der Waals surface area (Å²) in [6.45, 7) is 0.956. The van der Waals surface area contributed by atoms with Crippen molar-refractivity contribution in [3.8, 4) is 6.07 Å². The van der Waals surface area contributed by atoms with Gasteiger partial charge < -0.3 is 29.6 Å². The highest BCUT2D eigenvalue weighted by Gasteiger charge is 2.52. The molecule has 3 heterocycles. The van der Waals surface area contributed by atoms with Gasteiger partial charge in [-0.2, -0.15) is 5.26 Å². The lowest BCUT2D eigenvalue weighted by molar-refractivity contribution is -0.115. The molecule has 1 unspecified atom stereocenters. The van der Waals surface area contributed by atoms with Crippen LogP contribution in [0.2, 0.25) is 0 Å². The van der Waals surface area contributed by atoms with E-state index in [1.165, 1.54) is 24.0 Å². The van der Waals surface area contributed by atoms with Crippen molar-refractivity contribution in [3.05, 3.63) is 28.4 Å². The Balaban J connectivity index is 2.19. The Bertz CT molecular complexity index is 822. The standard InChI is InChI=1S/C13H14N4O5/c1-13(4-18)9(20)8(19)12(22-13)17-3-6(2-14)7-10(17)15-5-16-11(7)21/h3,5,8-9,12,18-20H,4H2,1H3,(H,15,16,21)/t8-,9+,12?,13-/m1/s1. The maximum absolute atomic E-state index is 11.9. The molecule has 9 heteroatoms. The first-order valence-electron chi connectivity index (χ1n) is 6.56. The second kappa shape index (κ2) is 4.89. The summed E-state index contributed by atoms with van der Waals surface area (Å²) in [5.41, 5.74) is -1.61. The van der Waals surface area contributed by atoms with E-state index in [0.29, 0.717) is 0 Å². The van der Waals surface area contributed by atoms with Crippen LogP contribution in [0.25, 0.3) is 11.0 Å². The fourth-order valence-corrected chi connectivity index (χ4v) is 2.66. The minimum atomic E-state index is -1.35. The molecule has 0 saturated carbocycles. The number of nitriles is 1. The van der Waals surface area contributed by atoms with Crippen LogP contribution in [0.4, 0.5) is 0 Å². The van der Waals surface area contributed by atoms with E-state index in [-0.39, 0.29) is 16.6 Å². The molecule has 1 fully saturated rings. The highest BCUT2D eigenvalue weighted by molar-refractivity contribution is 5.82. The minimum absolute atomic E-state index is 0.0761. The van der Waals surface area contributed by atoms with Gasteiger partial charge in [0.2, 0.25) is 0 Å². The van der Waals surface area contributed by atoms with Crippen LogP contribution in [0.5, 0.6) is 0 Å². The normalized spacial score (nSPS) is 31.5. The molecule has 0 bridgehead atoms. The van der Waals surface area contributed by atoms with Crippen molar-refractivity contribution in [3.63, 3.8) is 0 Å². The molecule has 0 spiro atoms. The third kappa shape index (κ3) is 1.86. The number of H-pyrrole nitrogens is 1. The first kappa shape index (κ1) is 14.7. The highest BCUT2D eigenvalue weighted by Crippen LogP contribution is 2.38. The van der Waals surface area contributed by atoms with E-state index < -0.39 is 36.2 Å². The van der Waals surface area contributed by atoms with Crippen LogP contribution in [-0.4, -0.2) is 54.3 Å². The lowest BCUT2D eigenvalue weighted by Gasteiger charge is -2.24. The minimum Gasteiger partial charge on any atom is -0.393 e. The summed E-state index contributed by atoms with van der Waals surface area (Å²) >= 11 is 0. The third-order valence-corrected chi connectivity index (χ3v) is 3.96. The summed E-state index contributed by atoms with van der Waals surface area (Å²) in [7, 11) is 0. The van der Waals surface area contributed by atoms with E-state index in [2.05, 4.69) is 9.97 Å². The van der Waals surface area contributed by atoms with Crippen molar-refractivity contribution in [1.29, 1.82) is 5.26 Å². The van der Waals surface area contributed by atoms with Crippen molar-refractivity contribution in [2.75, 3.05) is 6.61 Å².